The second-order valence-corrected chi connectivity index (χ2v) is 4.06. The monoisotopic (exact) mass is 230 g/mol. The summed E-state index contributed by atoms with van der Waals surface area (Å²) in [4.78, 5) is 0. The number of allylic oxidation sites excluding steroid dienone is 1. The first kappa shape index (κ1) is 10.1. The van der Waals surface area contributed by atoms with Gasteiger partial charge < -0.3 is 0 Å². The summed E-state index contributed by atoms with van der Waals surface area (Å²) in [5, 5.41) is -1.84. The van der Waals surface area contributed by atoms with Gasteiger partial charge in [-0.3, -0.25) is 0 Å². The van der Waals surface area contributed by atoms with Gasteiger partial charge in [-0.05, 0) is 11.6 Å². The summed E-state index contributed by atoms with van der Waals surface area (Å²) in [6, 6.07) is 0. The first-order valence-electron chi connectivity index (χ1n) is 1.63. The largest absolute Gasteiger partial charge is 0.230 e. The van der Waals surface area contributed by atoms with Crippen LogP contribution in [0.4, 0.5) is 4.39 Å². The Morgan fingerprint density at radius 2 is 1.44 bits per heavy atom. The van der Waals surface area contributed by atoms with Gasteiger partial charge in [0.1, 0.15) is 5.03 Å². The van der Waals surface area contributed by atoms with Crippen molar-refractivity contribution in [2.75, 3.05) is 0 Å². The van der Waals surface area contributed by atoms with Gasteiger partial charge in [0.2, 0.25) is 9.08 Å². The van der Waals surface area contributed by atoms with E-state index in [1.165, 1.54) is 0 Å². The molecule has 0 aliphatic heterocycles. The molecule has 0 amide bonds. The van der Waals surface area contributed by atoms with E-state index in [0.717, 1.165) is 0 Å². The van der Waals surface area contributed by atoms with Crippen LogP contribution in [-0.4, -0.2) is 3.79 Å². The highest BCUT2D eigenvalue weighted by atomic mass is 35.6. The lowest BCUT2D eigenvalue weighted by molar-refractivity contribution is 0.687. The van der Waals surface area contributed by atoms with E-state index in [2.05, 4.69) is 0 Å². The quantitative estimate of drug-likeness (QED) is 0.554. The molecule has 9 heavy (non-hydrogen) atoms. The van der Waals surface area contributed by atoms with Crippen LogP contribution in [0.2, 0.25) is 0 Å². The maximum Gasteiger partial charge on any atom is 0.230 e. The Kier molecular flexibility index (Phi) is 3.93. The smallest absolute Gasteiger partial charge is 0.192 e. The standard InChI is InChI=1S/C3Cl5F/c4-1(2(5)9)3(6,7)8/b2-1+. The van der Waals surface area contributed by atoms with Crippen LogP contribution in [-0.2, 0) is 0 Å². The summed E-state index contributed by atoms with van der Waals surface area (Å²) in [6.45, 7) is 0. The van der Waals surface area contributed by atoms with Crippen molar-refractivity contribution in [3.63, 3.8) is 0 Å². The van der Waals surface area contributed by atoms with Gasteiger partial charge in [0.05, 0.1) is 0 Å². The van der Waals surface area contributed by atoms with Crippen LogP contribution in [0.1, 0.15) is 0 Å². The normalized spacial score (nSPS) is 15.3. The molecule has 0 radical (unpaired) electrons. The van der Waals surface area contributed by atoms with Crippen molar-refractivity contribution in [1.29, 1.82) is 0 Å². The number of hydrogen-bond donors (Lipinski definition) is 0. The highest BCUT2D eigenvalue weighted by Gasteiger charge is 2.27. The molecule has 0 fully saturated rings. The Morgan fingerprint density at radius 3 is 1.44 bits per heavy atom. The van der Waals surface area contributed by atoms with Gasteiger partial charge in [0.25, 0.3) is 0 Å². The van der Waals surface area contributed by atoms with Gasteiger partial charge >= 0.3 is 0 Å². The van der Waals surface area contributed by atoms with Gasteiger partial charge in [0, 0.05) is 0 Å². The van der Waals surface area contributed by atoms with Gasteiger partial charge in [-0.1, -0.05) is 46.4 Å². The van der Waals surface area contributed by atoms with Crippen LogP contribution >= 0.6 is 58.0 Å². The van der Waals surface area contributed by atoms with Crippen molar-refractivity contribution in [2.45, 2.75) is 3.79 Å². The van der Waals surface area contributed by atoms with Crippen LogP contribution < -0.4 is 0 Å². The third-order valence-corrected chi connectivity index (χ3v) is 2.01. The number of halogens is 6. The minimum absolute atomic E-state index is 0.630. The second kappa shape index (κ2) is 3.49. The first-order chi connectivity index (χ1) is 3.85. The zero-order valence-electron chi connectivity index (χ0n) is 3.77. The van der Waals surface area contributed by atoms with E-state index < -0.39 is 14.1 Å². The summed E-state index contributed by atoms with van der Waals surface area (Å²) in [7, 11) is 0. The fourth-order valence-corrected chi connectivity index (χ4v) is 0.643. The highest BCUT2D eigenvalue weighted by molar-refractivity contribution is 6.73. The molecule has 0 aromatic rings. The van der Waals surface area contributed by atoms with Gasteiger partial charge in [-0.15, -0.1) is 0 Å². The van der Waals surface area contributed by atoms with Crippen molar-refractivity contribution >= 4 is 58.0 Å². The fourth-order valence-electron chi connectivity index (χ4n) is 0.107. The second-order valence-electron chi connectivity index (χ2n) is 1.07. The van der Waals surface area contributed by atoms with Crippen molar-refractivity contribution < 1.29 is 4.39 Å². The van der Waals surface area contributed by atoms with Gasteiger partial charge in [-0.25, -0.2) is 0 Å². The van der Waals surface area contributed by atoms with Crippen molar-refractivity contribution in [3.05, 3.63) is 10.3 Å². The van der Waals surface area contributed by atoms with E-state index in [-0.39, 0.29) is 0 Å². The summed E-state index contributed by atoms with van der Waals surface area (Å²) in [6.07, 6.45) is 0. The Hall–Kier alpha value is 1.12. The van der Waals surface area contributed by atoms with Crippen molar-refractivity contribution in [3.8, 4) is 0 Å². The molecule has 6 heteroatoms. The lowest BCUT2D eigenvalue weighted by Crippen LogP contribution is -2.01. The molecule has 0 atom stereocenters. The molecular formula is C3Cl5F. The molecule has 0 N–H and O–H groups in total. The Balaban J connectivity index is 4.40. The molecule has 0 saturated heterocycles. The molecule has 0 spiro atoms. The van der Waals surface area contributed by atoms with Gasteiger partial charge in [-0.2, -0.15) is 4.39 Å². The summed E-state index contributed by atoms with van der Waals surface area (Å²) < 4.78 is 9.89. The highest BCUT2D eigenvalue weighted by Crippen LogP contribution is 2.39. The van der Waals surface area contributed by atoms with E-state index >= 15 is 0 Å². The van der Waals surface area contributed by atoms with Crippen LogP contribution in [0, 0.1) is 0 Å². The predicted octanol–water partition coefficient (Wildman–Crippen LogP) is 3.97. The van der Waals surface area contributed by atoms with Crippen molar-refractivity contribution in [1.82, 2.24) is 0 Å². The van der Waals surface area contributed by atoms with E-state index in [1.54, 1.807) is 0 Å². The molecule has 0 heterocycles. The molecule has 0 unspecified atom stereocenters. The van der Waals surface area contributed by atoms with Crippen LogP contribution in [0.15, 0.2) is 10.3 Å². The van der Waals surface area contributed by atoms with Gasteiger partial charge in [0.15, 0.2) is 0 Å². The third kappa shape index (κ3) is 3.74. The molecule has 0 nitrogen and oxygen atoms in total. The van der Waals surface area contributed by atoms with E-state index in [9.17, 15) is 4.39 Å². The summed E-state index contributed by atoms with van der Waals surface area (Å²) in [5.41, 5.74) is 0. The third-order valence-electron chi connectivity index (χ3n) is 0.415. The zero-order valence-corrected chi connectivity index (χ0v) is 7.55. The SMILES string of the molecule is F/C(Cl)=C(/Cl)C(Cl)(Cl)Cl. The molecule has 0 aromatic carbocycles. The Labute approximate surface area is 76.5 Å². The number of hydrogen-bond acceptors (Lipinski definition) is 0. The average Bonchev–Trinajstić information content (AvgIpc) is 1.62. The minimum Gasteiger partial charge on any atom is -0.192 e. The minimum atomic E-state index is -1.96. The lowest BCUT2D eigenvalue weighted by Gasteiger charge is -2.06. The molecule has 54 valence electrons. The number of alkyl halides is 3. The first-order valence-corrected chi connectivity index (χ1v) is 3.52. The Morgan fingerprint density at radius 1 is 1.11 bits per heavy atom. The summed E-state index contributed by atoms with van der Waals surface area (Å²) in [5.74, 6) is 0. The molecule has 0 aliphatic carbocycles. The van der Waals surface area contributed by atoms with E-state index in [1.807, 2.05) is 0 Å². The molecule has 0 saturated carbocycles. The maximum atomic E-state index is 11.9. The molecule has 0 aromatic heterocycles. The Bertz CT molecular complexity index is 130. The van der Waals surface area contributed by atoms with Crippen LogP contribution in [0.5, 0.6) is 0 Å². The molecular weight excluding hydrogens is 232 g/mol. The molecule has 0 bridgehead atoms. The van der Waals surface area contributed by atoms with Crippen LogP contribution in [0.25, 0.3) is 0 Å². The lowest BCUT2D eigenvalue weighted by atomic mass is 10.7. The maximum absolute atomic E-state index is 11.9. The fraction of sp³-hybridized carbons (Fsp3) is 0.333. The topological polar surface area (TPSA) is 0 Å². The average molecular weight is 232 g/mol. The van der Waals surface area contributed by atoms with Crippen LogP contribution in [0.3, 0.4) is 0 Å². The zero-order chi connectivity index (χ0) is 7.65. The van der Waals surface area contributed by atoms with E-state index in [0.29, 0.717) is 0 Å². The number of rotatable bonds is 0. The van der Waals surface area contributed by atoms with Crippen molar-refractivity contribution in [2.24, 2.45) is 0 Å². The summed E-state index contributed by atoms with van der Waals surface area (Å²) >= 11 is 25.1. The molecule has 0 rings (SSSR count). The van der Waals surface area contributed by atoms with E-state index in [4.69, 9.17) is 58.0 Å². The molecule has 0 aliphatic rings. The predicted molar refractivity (Wildman–Crippen MR) is 40.1 cm³/mol.